The van der Waals surface area contributed by atoms with Crippen LogP contribution in [0.3, 0.4) is 0 Å². The van der Waals surface area contributed by atoms with Crippen molar-refractivity contribution in [3.05, 3.63) is 11.1 Å². The summed E-state index contributed by atoms with van der Waals surface area (Å²) in [7, 11) is -4.10. The van der Waals surface area contributed by atoms with Crippen LogP contribution in [-0.2, 0) is 13.6 Å². The molecule has 2 bridgehead atoms. The normalized spacial score (nSPS) is 37.8. The Labute approximate surface area is 206 Å². The average molecular weight is 497 g/mol. The average Bonchev–Trinajstić information content (AvgIpc) is 3.05. The van der Waals surface area contributed by atoms with E-state index in [1.54, 1.807) is 0 Å². The Balaban J connectivity index is 2.16. The minimum absolute atomic E-state index is 0.00640. The fourth-order valence-corrected chi connectivity index (χ4v) is 8.29. The monoisotopic (exact) mass is 496 g/mol. The van der Waals surface area contributed by atoms with Crippen LogP contribution in [-0.4, -0.2) is 51.3 Å². The number of aliphatic hydroxyl groups is 1. The predicted molar refractivity (Wildman–Crippen MR) is 143 cm³/mol. The topological polar surface area (TPSA) is 47.9 Å². The van der Waals surface area contributed by atoms with E-state index in [9.17, 15) is 5.11 Å². The van der Waals surface area contributed by atoms with Crippen molar-refractivity contribution in [2.75, 3.05) is 0 Å². The van der Waals surface area contributed by atoms with Gasteiger partial charge >= 0.3 is 0 Å². The van der Waals surface area contributed by atoms with Gasteiger partial charge in [-0.05, 0) is 73.6 Å². The molecule has 2 aliphatic heterocycles. The standard InChI is InChI=1S/C27H52O4Si2/c1-17(2)27-16-21(29-32(11,12)24(4,5)6)26(10,31-27)19-15-20(28)18(3)22(19)23(27)30-33(13,14)25(7,8)9/h17,19-21,23,28H,15-16H2,1-14H3/t19-,20+,21-,23-,26+,27-/m1/s1. The van der Waals surface area contributed by atoms with Crippen LogP contribution >= 0.6 is 0 Å². The maximum atomic E-state index is 11.0. The molecular formula is C27H52O4Si2. The molecule has 3 rings (SSSR count). The van der Waals surface area contributed by atoms with Gasteiger partial charge in [0.1, 0.15) is 5.60 Å². The van der Waals surface area contributed by atoms with Gasteiger partial charge in [-0.3, -0.25) is 0 Å². The van der Waals surface area contributed by atoms with Crippen LogP contribution in [0.4, 0.5) is 0 Å². The lowest BCUT2D eigenvalue weighted by atomic mass is 9.74. The summed E-state index contributed by atoms with van der Waals surface area (Å²) < 4.78 is 21.6. The first kappa shape index (κ1) is 27.6. The highest BCUT2D eigenvalue weighted by molar-refractivity contribution is 6.74. The van der Waals surface area contributed by atoms with Crippen LogP contribution in [0.1, 0.15) is 82.1 Å². The van der Waals surface area contributed by atoms with Crippen LogP contribution in [0.25, 0.3) is 0 Å². The molecule has 3 aliphatic rings. The summed E-state index contributed by atoms with van der Waals surface area (Å²) in [5.74, 6) is 0.407. The maximum absolute atomic E-state index is 11.0. The zero-order valence-corrected chi connectivity index (χ0v) is 26.0. The molecule has 0 radical (unpaired) electrons. The second-order valence-corrected chi connectivity index (χ2v) is 24.2. The Bertz CT molecular complexity index is 804. The first-order valence-electron chi connectivity index (χ1n) is 13.0. The van der Waals surface area contributed by atoms with E-state index >= 15 is 0 Å². The molecule has 6 heteroatoms. The van der Waals surface area contributed by atoms with E-state index in [2.05, 4.69) is 95.4 Å². The number of aliphatic hydroxyl groups excluding tert-OH is 1. The molecule has 6 atom stereocenters. The molecule has 2 heterocycles. The van der Waals surface area contributed by atoms with Crippen LogP contribution in [0.15, 0.2) is 11.1 Å². The fourth-order valence-electron chi connectivity index (χ4n) is 5.64. The van der Waals surface area contributed by atoms with E-state index in [-0.39, 0.29) is 34.1 Å². The summed E-state index contributed by atoms with van der Waals surface area (Å²) in [6, 6.07) is 0. The molecule has 4 nitrogen and oxygen atoms in total. The lowest BCUT2D eigenvalue weighted by molar-refractivity contribution is -0.208. The molecule has 0 saturated carbocycles. The first-order chi connectivity index (χ1) is 14.6. The Morgan fingerprint density at radius 3 is 1.91 bits per heavy atom. The van der Waals surface area contributed by atoms with Crippen molar-refractivity contribution in [1.29, 1.82) is 0 Å². The van der Waals surface area contributed by atoms with Crippen molar-refractivity contribution < 1.29 is 18.7 Å². The van der Waals surface area contributed by atoms with Gasteiger partial charge in [0.05, 0.1) is 23.9 Å². The maximum Gasteiger partial charge on any atom is 0.193 e. The molecule has 0 amide bonds. The third-order valence-electron chi connectivity index (χ3n) is 10.2. The van der Waals surface area contributed by atoms with Gasteiger partial charge in [-0.2, -0.15) is 0 Å². The molecule has 0 unspecified atom stereocenters. The number of rotatable bonds is 5. The summed E-state index contributed by atoms with van der Waals surface area (Å²) in [6.45, 7) is 32.1. The molecular weight excluding hydrogens is 444 g/mol. The summed E-state index contributed by atoms with van der Waals surface area (Å²) in [4.78, 5) is 0. The molecule has 2 saturated heterocycles. The molecule has 2 fully saturated rings. The smallest absolute Gasteiger partial charge is 0.193 e. The number of hydrogen-bond acceptors (Lipinski definition) is 4. The highest BCUT2D eigenvalue weighted by atomic mass is 28.4. The molecule has 1 aliphatic carbocycles. The van der Waals surface area contributed by atoms with E-state index < -0.39 is 33.9 Å². The predicted octanol–water partition coefficient (Wildman–Crippen LogP) is 7.05. The second-order valence-electron chi connectivity index (χ2n) is 14.7. The van der Waals surface area contributed by atoms with Gasteiger partial charge in [-0.25, -0.2) is 0 Å². The molecule has 33 heavy (non-hydrogen) atoms. The van der Waals surface area contributed by atoms with Crippen LogP contribution < -0.4 is 0 Å². The Morgan fingerprint density at radius 2 is 1.45 bits per heavy atom. The minimum Gasteiger partial charge on any atom is -0.411 e. The molecule has 0 aromatic carbocycles. The van der Waals surface area contributed by atoms with Gasteiger partial charge in [0, 0.05) is 12.3 Å². The fraction of sp³-hybridized carbons (Fsp3) is 0.926. The number of ether oxygens (including phenoxy) is 1. The highest BCUT2D eigenvalue weighted by Gasteiger charge is 2.70. The van der Waals surface area contributed by atoms with Crippen LogP contribution in [0.2, 0.25) is 36.3 Å². The van der Waals surface area contributed by atoms with Crippen molar-refractivity contribution in [3.8, 4) is 0 Å². The Hall–Kier alpha value is 0.0138. The molecule has 0 aromatic heterocycles. The van der Waals surface area contributed by atoms with E-state index in [1.807, 2.05) is 0 Å². The second kappa shape index (κ2) is 8.01. The largest absolute Gasteiger partial charge is 0.411 e. The first-order valence-corrected chi connectivity index (χ1v) is 18.9. The third kappa shape index (κ3) is 4.18. The van der Waals surface area contributed by atoms with Crippen molar-refractivity contribution in [3.63, 3.8) is 0 Å². The SMILES string of the molecule is CC1=C2[C@@H](C[C@@H]1O)[C@]1(C)O[C@@](C(C)C)(C[C@H]1O[Si](C)(C)C(C)(C)C)[C@@H]2O[Si](C)(C)C(C)(C)C. The van der Waals surface area contributed by atoms with Gasteiger partial charge in [0.2, 0.25) is 0 Å². The molecule has 0 spiro atoms. The Kier molecular flexibility index (Phi) is 6.70. The van der Waals surface area contributed by atoms with E-state index in [0.717, 1.165) is 12.0 Å². The third-order valence-corrected chi connectivity index (χ3v) is 19.1. The summed E-state index contributed by atoms with van der Waals surface area (Å²) in [5, 5.41) is 11.3. The zero-order chi connectivity index (χ0) is 25.6. The summed E-state index contributed by atoms with van der Waals surface area (Å²) in [6.07, 6.45) is 1.03. The molecule has 0 aromatic rings. The van der Waals surface area contributed by atoms with Gasteiger partial charge in [0.15, 0.2) is 16.6 Å². The highest BCUT2D eigenvalue weighted by Crippen LogP contribution is 2.63. The summed E-state index contributed by atoms with van der Waals surface area (Å²) >= 11 is 0. The van der Waals surface area contributed by atoms with Crippen LogP contribution in [0.5, 0.6) is 0 Å². The quantitative estimate of drug-likeness (QED) is 0.327. The lowest BCUT2D eigenvalue weighted by Crippen LogP contribution is -2.61. The van der Waals surface area contributed by atoms with Gasteiger partial charge in [0.25, 0.3) is 0 Å². The van der Waals surface area contributed by atoms with Crippen molar-refractivity contribution in [2.45, 2.75) is 148 Å². The molecule has 192 valence electrons. The number of hydrogen-bond donors (Lipinski definition) is 1. The molecule has 1 N–H and O–H groups in total. The minimum atomic E-state index is -2.09. The van der Waals surface area contributed by atoms with E-state index in [1.165, 1.54) is 5.57 Å². The summed E-state index contributed by atoms with van der Waals surface area (Å²) in [5.41, 5.74) is 1.54. The van der Waals surface area contributed by atoms with Crippen molar-refractivity contribution >= 4 is 16.6 Å². The van der Waals surface area contributed by atoms with Gasteiger partial charge in [-0.15, -0.1) is 0 Å². The zero-order valence-electron chi connectivity index (χ0n) is 24.0. The van der Waals surface area contributed by atoms with Gasteiger partial charge < -0.3 is 18.7 Å². The van der Waals surface area contributed by atoms with E-state index in [0.29, 0.717) is 6.42 Å². The number of fused-ring (bicyclic) bond motifs is 4. The van der Waals surface area contributed by atoms with Crippen molar-refractivity contribution in [2.24, 2.45) is 11.8 Å². The Morgan fingerprint density at radius 1 is 0.970 bits per heavy atom. The van der Waals surface area contributed by atoms with Crippen molar-refractivity contribution in [1.82, 2.24) is 0 Å². The van der Waals surface area contributed by atoms with Gasteiger partial charge in [-0.1, -0.05) is 55.4 Å². The van der Waals surface area contributed by atoms with E-state index in [4.69, 9.17) is 13.6 Å². The van der Waals surface area contributed by atoms with Crippen LogP contribution in [0, 0.1) is 11.8 Å². The lowest BCUT2D eigenvalue weighted by Gasteiger charge is -2.54.